The highest BCUT2D eigenvalue weighted by molar-refractivity contribution is 7.07. The zero-order valence-electron chi connectivity index (χ0n) is 8.03. The summed E-state index contributed by atoms with van der Waals surface area (Å²) in [5.74, 6) is 0.623. The number of anilines is 2. The number of nitrogen functional groups attached to an aromatic ring is 1. The van der Waals surface area contributed by atoms with Crippen molar-refractivity contribution in [1.29, 1.82) is 0 Å². The van der Waals surface area contributed by atoms with E-state index in [4.69, 9.17) is 17.3 Å². The van der Waals surface area contributed by atoms with Gasteiger partial charge in [0.2, 0.25) is 5.95 Å². The minimum Gasteiger partial charge on any atom is -0.368 e. The number of aromatic nitrogens is 3. The second-order valence-electron chi connectivity index (χ2n) is 2.96. The molecule has 0 saturated heterocycles. The molecular formula is C8H8ClN5OS. The molecule has 2 heterocycles. The first-order valence-electron chi connectivity index (χ1n) is 4.34. The first kappa shape index (κ1) is 10.9. The largest absolute Gasteiger partial charge is 0.368 e. The molecule has 0 aliphatic heterocycles. The molecule has 0 aliphatic rings. The number of H-pyrrole nitrogens is 1. The normalized spacial score (nSPS) is 10.3. The lowest BCUT2D eigenvalue weighted by Gasteiger charge is -2.04. The molecule has 84 valence electrons. The van der Waals surface area contributed by atoms with Crippen LogP contribution < -0.4 is 15.9 Å². The Hall–Kier alpha value is -1.60. The Bertz CT molecular complexity index is 531. The zero-order chi connectivity index (χ0) is 11.5. The molecule has 0 saturated carbocycles. The first-order chi connectivity index (χ1) is 7.63. The SMILES string of the molecule is Nc1nc(Cl)cc(NCc2csc(=O)[nH]2)n1. The van der Waals surface area contributed by atoms with Crippen molar-refractivity contribution < 1.29 is 0 Å². The van der Waals surface area contributed by atoms with E-state index in [1.807, 2.05) is 0 Å². The predicted octanol–water partition coefficient (Wildman–Crippen LogP) is 1.07. The molecule has 6 nitrogen and oxygen atoms in total. The van der Waals surface area contributed by atoms with Crippen molar-refractivity contribution in [3.63, 3.8) is 0 Å². The maximum Gasteiger partial charge on any atom is 0.304 e. The van der Waals surface area contributed by atoms with E-state index in [-0.39, 0.29) is 16.0 Å². The number of thiazole rings is 1. The van der Waals surface area contributed by atoms with E-state index in [0.29, 0.717) is 12.4 Å². The molecule has 4 N–H and O–H groups in total. The third-order valence-corrected chi connectivity index (χ3v) is 2.66. The Morgan fingerprint density at radius 3 is 3.00 bits per heavy atom. The number of nitrogens with zero attached hydrogens (tertiary/aromatic N) is 2. The number of hydrogen-bond acceptors (Lipinski definition) is 6. The van der Waals surface area contributed by atoms with Crippen LogP contribution in [0.1, 0.15) is 5.69 Å². The van der Waals surface area contributed by atoms with E-state index in [1.54, 1.807) is 11.4 Å². The van der Waals surface area contributed by atoms with E-state index in [2.05, 4.69) is 20.3 Å². The van der Waals surface area contributed by atoms with Gasteiger partial charge in [0.15, 0.2) is 0 Å². The molecule has 2 aromatic rings. The fraction of sp³-hybridized carbons (Fsp3) is 0.125. The quantitative estimate of drug-likeness (QED) is 0.715. The molecule has 2 aromatic heterocycles. The molecule has 0 aliphatic carbocycles. The lowest BCUT2D eigenvalue weighted by Crippen LogP contribution is -2.06. The third kappa shape index (κ3) is 2.71. The van der Waals surface area contributed by atoms with Crippen LogP contribution in [0.3, 0.4) is 0 Å². The summed E-state index contributed by atoms with van der Waals surface area (Å²) < 4.78 is 0. The summed E-state index contributed by atoms with van der Waals surface area (Å²) in [7, 11) is 0. The second-order valence-corrected chi connectivity index (χ2v) is 4.19. The van der Waals surface area contributed by atoms with Crippen molar-refractivity contribution in [3.05, 3.63) is 32.0 Å². The molecule has 2 rings (SSSR count). The Labute approximate surface area is 99.5 Å². The summed E-state index contributed by atoms with van der Waals surface area (Å²) in [6.45, 7) is 0.450. The molecule has 0 spiro atoms. The van der Waals surface area contributed by atoms with Crippen molar-refractivity contribution in [2.24, 2.45) is 0 Å². The Morgan fingerprint density at radius 2 is 2.38 bits per heavy atom. The van der Waals surface area contributed by atoms with Gasteiger partial charge in [0, 0.05) is 17.1 Å². The van der Waals surface area contributed by atoms with Crippen LogP contribution in [0.15, 0.2) is 16.2 Å². The van der Waals surface area contributed by atoms with Gasteiger partial charge in [-0.25, -0.2) is 4.98 Å². The first-order valence-corrected chi connectivity index (χ1v) is 5.60. The fourth-order valence-electron chi connectivity index (χ4n) is 1.11. The van der Waals surface area contributed by atoms with Crippen LogP contribution >= 0.6 is 22.9 Å². The highest BCUT2D eigenvalue weighted by atomic mass is 35.5. The van der Waals surface area contributed by atoms with E-state index in [1.165, 1.54) is 0 Å². The number of halogens is 1. The molecule has 0 aromatic carbocycles. The molecule has 0 bridgehead atoms. The topological polar surface area (TPSA) is 96.7 Å². The van der Waals surface area contributed by atoms with Crippen molar-refractivity contribution in [2.75, 3.05) is 11.1 Å². The van der Waals surface area contributed by atoms with Crippen molar-refractivity contribution >= 4 is 34.7 Å². The van der Waals surface area contributed by atoms with Crippen LogP contribution in [-0.2, 0) is 6.54 Å². The number of hydrogen-bond donors (Lipinski definition) is 3. The predicted molar refractivity (Wildman–Crippen MR) is 63.7 cm³/mol. The number of nitrogens with two attached hydrogens (primary N) is 1. The summed E-state index contributed by atoms with van der Waals surface area (Å²) in [4.78, 5) is 21.1. The van der Waals surface area contributed by atoms with Gasteiger partial charge in [-0.3, -0.25) is 4.79 Å². The van der Waals surface area contributed by atoms with Gasteiger partial charge in [0.1, 0.15) is 11.0 Å². The smallest absolute Gasteiger partial charge is 0.304 e. The highest BCUT2D eigenvalue weighted by Gasteiger charge is 2.01. The monoisotopic (exact) mass is 257 g/mol. The third-order valence-electron chi connectivity index (χ3n) is 1.74. The van der Waals surface area contributed by atoms with Gasteiger partial charge in [-0.1, -0.05) is 22.9 Å². The van der Waals surface area contributed by atoms with Crippen LogP contribution in [0.5, 0.6) is 0 Å². The van der Waals surface area contributed by atoms with Gasteiger partial charge in [-0.15, -0.1) is 0 Å². The summed E-state index contributed by atoms with van der Waals surface area (Å²) in [6.07, 6.45) is 0. The molecule has 0 fully saturated rings. The molecule has 0 amide bonds. The number of aromatic amines is 1. The Kier molecular flexibility index (Phi) is 3.07. The Morgan fingerprint density at radius 1 is 1.56 bits per heavy atom. The minimum atomic E-state index is -0.0861. The van der Waals surface area contributed by atoms with Gasteiger partial charge in [0.25, 0.3) is 0 Å². The molecular weight excluding hydrogens is 250 g/mol. The Balaban J connectivity index is 2.07. The van der Waals surface area contributed by atoms with Gasteiger partial charge in [-0.2, -0.15) is 4.98 Å². The van der Waals surface area contributed by atoms with Gasteiger partial charge < -0.3 is 16.0 Å². The summed E-state index contributed by atoms with van der Waals surface area (Å²) >= 11 is 6.82. The highest BCUT2D eigenvalue weighted by Crippen LogP contribution is 2.13. The van der Waals surface area contributed by atoms with Crippen molar-refractivity contribution in [1.82, 2.24) is 15.0 Å². The summed E-state index contributed by atoms with van der Waals surface area (Å²) in [5.41, 5.74) is 6.21. The lowest BCUT2D eigenvalue weighted by molar-refractivity contribution is 1.03. The maximum absolute atomic E-state index is 10.9. The van der Waals surface area contributed by atoms with E-state index >= 15 is 0 Å². The molecule has 0 radical (unpaired) electrons. The summed E-state index contributed by atoms with van der Waals surface area (Å²) in [6, 6.07) is 1.56. The maximum atomic E-state index is 10.9. The molecule has 16 heavy (non-hydrogen) atoms. The van der Waals surface area contributed by atoms with Crippen molar-refractivity contribution in [2.45, 2.75) is 6.54 Å². The average molecular weight is 258 g/mol. The van der Waals surface area contributed by atoms with Gasteiger partial charge >= 0.3 is 4.87 Å². The average Bonchev–Trinajstić information content (AvgIpc) is 2.60. The van der Waals surface area contributed by atoms with Gasteiger partial charge in [-0.05, 0) is 0 Å². The zero-order valence-corrected chi connectivity index (χ0v) is 9.60. The van der Waals surface area contributed by atoms with Gasteiger partial charge in [0.05, 0.1) is 6.54 Å². The summed E-state index contributed by atoms with van der Waals surface area (Å²) in [5, 5.41) is 4.99. The van der Waals surface area contributed by atoms with E-state index in [9.17, 15) is 4.79 Å². The van der Waals surface area contributed by atoms with E-state index in [0.717, 1.165) is 17.0 Å². The fourth-order valence-corrected chi connectivity index (χ4v) is 1.88. The van der Waals surface area contributed by atoms with E-state index < -0.39 is 0 Å². The van der Waals surface area contributed by atoms with Crippen LogP contribution in [0, 0.1) is 0 Å². The molecule has 0 atom stereocenters. The molecule has 0 unspecified atom stereocenters. The number of nitrogens with one attached hydrogen (secondary N) is 2. The standard InChI is InChI=1S/C8H8ClN5OS/c9-5-1-6(14-7(10)13-5)11-2-4-3-16-8(15)12-4/h1,3H,2H2,(H,12,15)(H3,10,11,13,14). The van der Waals surface area contributed by atoms with Crippen LogP contribution in [0.2, 0.25) is 5.15 Å². The molecule has 8 heteroatoms. The number of rotatable bonds is 3. The minimum absolute atomic E-state index is 0.0861. The van der Waals surface area contributed by atoms with Crippen LogP contribution in [-0.4, -0.2) is 15.0 Å². The second kappa shape index (κ2) is 4.50. The van der Waals surface area contributed by atoms with Crippen LogP contribution in [0.4, 0.5) is 11.8 Å². The lowest BCUT2D eigenvalue weighted by atomic mass is 10.4. The van der Waals surface area contributed by atoms with Crippen LogP contribution in [0.25, 0.3) is 0 Å². The van der Waals surface area contributed by atoms with Crippen molar-refractivity contribution in [3.8, 4) is 0 Å².